The van der Waals surface area contributed by atoms with Crippen LogP contribution in [0.2, 0.25) is 0 Å². The van der Waals surface area contributed by atoms with Crippen molar-refractivity contribution in [1.29, 1.82) is 0 Å². The van der Waals surface area contributed by atoms with Crippen LogP contribution in [0.3, 0.4) is 0 Å². The van der Waals surface area contributed by atoms with Crippen molar-refractivity contribution in [1.82, 2.24) is 0 Å². The van der Waals surface area contributed by atoms with E-state index in [4.69, 9.17) is 28.0 Å². The number of ether oxygens (including phenoxy) is 4. The van der Waals surface area contributed by atoms with Gasteiger partial charge < -0.3 is 18.9 Å². The number of hydrogen-bond acceptors (Lipinski definition) is 10. The quantitative estimate of drug-likeness (QED) is 0.216. The third-order valence-electron chi connectivity index (χ3n) is 4.20. The minimum absolute atomic E-state index is 0.273. The third kappa shape index (κ3) is 10.1. The fourth-order valence-electron chi connectivity index (χ4n) is 2.45. The van der Waals surface area contributed by atoms with Crippen LogP contribution >= 0.6 is 7.60 Å². The summed E-state index contributed by atoms with van der Waals surface area (Å²) in [5.74, 6) is -1.59. The zero-order valence-electron chi connectivity index (χ0n) is 19.4. The Kier molecular flexibility index (Phi) is 10.1. The first-order valence-corrected chi connectivity index (χ1v) is 11.9. The number of rotatable bonds is 9. The van der Waals surface area contributed by atoms with E-state index >= 15 is 0 Å². The summed E-state index contributed by atoms with van der Waals surface area (Å²) in [5.41, 5.74) is -1.55. The van der Waals surface area contributed by atoms with Gasteiger partial charge in [-0.05, 0) is 54.4 Å². The van der Waals surface area contributed by atoms with Gasteiger partial charge in [0, 0.05) is 13.5 Å². The van der Waals surface area contributed by atoms with Gasteiger partial charge in [0.05, 0.1) is 17.0 Å². The lowest BCUT2D eigenvalue weighted by Crippen LogP contribution is -2.40. The molecule has 2 unspecified atom stereocenters. The minimum atomic E-state index is -3.96. The molecule has 0 bridgehead atoms. The van der Waals surface area contributed by atoms with Gasteiger partial charge in [0.15, 0.2) is 0 Å². The molecule has 1 saturated heterocycles. The zero-order chi connectivity index (χ0) is 23.9. The molecule has 180 valence electrons. The highest BCUT2D eigenvalue weighted by atomic mass is 31.2. The molecule has 0 amide bonds. The van der Waals surface area contributed by atoms with Crippen LogP contribution in [-0.4, -0.2) is 56.5 Å². The SMILES string of the molecule is CC(=O)OC1CCCOC1CP(=O)(OCOC(=O)C(C)(C)C)OCOC(=O)C(C)(C)C. The van der Waals surface area contributed by atoms with Crippen molar-refractivity contribution in [2.75, 3.05) is 26.4 Å². The summed E-state index contributed by atoms with van der Waals surface area (Å²) in [7, 11) is -3.96. The second-order valence-corrected chi connectivity index (χ2v) is 11.5. The first-order valence-electron chi connectivity index (χ1n) is 10.2. The summed E-state index contributed by atoms with van der Waals surface area (Å²) in [6.45, 7) is 10.4. The molecular formula is C20H35O10P. The van der Waals surface area contributed by atoms with Gasteiger partial charge in [-0.25, -0.2) is 0 Å². The fraction of sp³-hybridized carbons (Fsp3) is 0.850. The topological polar surface area (TPSA) is 124 Å². The van der Waals surface area contributed by atoms with Crippen LogP contribution in [0.25, 0.3) is 0 Å². The Morgan fingerprint density at radius 1 is 0.935 bits per heavy atom. The Bertz CT molecular complexity index is 640. The number of carbonyl (C=O) groups is 3. The molecule has 0 aromatic heterocycles. The van der Waals surface area contributed by atoms with E-state index in [0.29, 0.717) is 19.4 Å². The van der Waals surface area contributed by atoms with Crippen molar-refractivity contribution in [2.45, 2.75) is 73.5 Å². The number of hydrogen-bond donors (Lipinski definition) is 0. The monoisotopic (exact) mass is 466 g/mol. The van der Waals surface area contributed by atoms with Gasteiger partial charge in [-0.1, -0.05) is 0 Å². The average molecular weight is 466 g/mol. The largest absolute Gasteiger partial charge is 0.460 e. The van der Waals surface area contributed by atoms with Crippen molar-refractivity contribution in [2.24, 2.45) is 10.8 Å². The van der Waals surface area contributed by atoms with Crippen molar-refractivity contribution < 1.29 is 46.9 Å². The Hall–Kier alpha value is -1.48. The van der Waals surface area contributed by atoms with Crippen LogP contribution in [0.4, 0.5) is 0 Å². The summed E-state index contributed by atoms with van der Waals surface area (Å²) >= 11 is 0. The Labute approximate surface area is 183 Å². The van der Waals surface area contributed by atoms with E-state index in [-0.39, 0.29) is 6.16 Å². The predicted octanol–water partition coefficient (Wildman–Crippen LogP) is 3.42. The molecule has 1 aliphatic rings. The maximum atomic E-state index is 13.3. The molecular weight excluding hydrogens is 431 g/mol. The lowest BCUT2D eigenvalue weighted by molar-refractivity contribution is -0.164. The third-order valence-corrected chi connectivity index (χ3v) is 6.01. The summed E-state index contributed by atoms with van der Waals surface area (Å²) in [6.07, 6.45) is -0.443. The van der Waals surface area contributed by atoms with E-state index in [9.17, 15) is 18.9 Å². The fourth-order valence-corrected chi connectivity index (χ4v) is 3.94. The molecule has 0 aromatic carbocycles. The molecule has 0 aromatic rings. The summed E-state index contributed by atoms with van der Waals surface area (Å²) in [6, 6.07) is 0. The lowest BCUT2D eigenvalue weighted by Gasteiger charge is -2.32. The first-order chi connectivity index (χ1) is 14.1. The highest BCUT2D eigenvalue weighted by Gasteiger charge is 2.38. The molecule has 0 radical (unpaired) electrons. The lowest BCUT2D eigenvalue weighted by atomic mass is 9.98. The normalized spacial score (nSPS) is 20.1. The molecule has 31 heavy (non-hydrogen) atoms. The summed E-state index contributed by atoms with van der Waals surface area (Å²) in [4.78, 5) is 35.3. The van der Waals surface area contributed by atoms with Gasteiger partial charge in [0.1, 0.15) is 12.2 Å². The van der Waals surface area contributed by atoms with Crippen molar-refractivity contribution >= 4 is 25.5 Å². The maximum absolute atomic E-state index is 13.3. The first kappa shape index (κ1) is 27.6. The van der Waals surface area contributed by atoms with Gasteiger partial charge in [-0.3, -0.25) is 28.0 Å². The second-order valence-electron chi connectivity index (χ2n) is 9.35. The van der Waals surface area contributed by atoms with Gasteiger partial charge in [0.25, 0.3) is 0 Å². The molecule has 1 fully saturated rings. The Morgan fingerprint density at radius 3 is 1.84 bits per heavy atom. The van der Waals surface area contributed by atoms with E-state index in [1.807, 2.05) is 0 Å². The van der Waals surface area contributed by atoms with E-state index in [0.717, 1.165) is 0 Å². The molecule has 0 saturated carbocycles. The molecule has 0 aliphatic carbocycles. The summed E-state index contributed by atoms with van der Waals surface area (Å²) in [5, 5.41) is 0. The molecule has 1 rings (SSSR count). The van der Waals surface area contributed by atoms with E-state index in [1.54, 1.807) is 41.5 Å². The number of esters is 3. The Balaban J connectivity index is 2.84. The van der Waals surface area contributed by atoms with Crippen LogP contribution < -0.4 is 0 Å². The van der Waals surface area contributed by atoms with E-state index < -0.39 is 62.1 Å². The average Bonchev–Trinajstić information content (AvgIpc) is 2.61. The van der Waals surface area contributed by atoms with Crippen LogP contribution in [0.15, 0.2) is 0 Å². The van der Waals surface area contributed by atoms with Crippen molar-refractivity contribution in [3.8, 4) is 0 Å². The highest BCUT2D eigenvalue weighted by molar-refractivity contribution is 7.53. The van der Waals surface area contributed by atoms with Crippen LogP contribution in [0.1, 0.15) is 61.3 Å². The van der Waals surface area contributed by atoms with Gasteiger partial charge in [-0.2, -0.15) is 0 Å². The molecule has 1 aliphatic heterocycles. The zero-order valence-corrected chi connectivity index (χ0v) is 20.3. The predicted molar refractivity (Wildman–Crippen MR) is 110 cm³/mol. The van der Waals surface area contributed by atoms with Crippen molar-refractivity contribution in [3.63, 3.8) is 0 Å². The molecule has 11 heteroatoms. The molecule has 10 nitrogen and oxygen atoms in total. The maximum Gasteiger partial charge on any atom is 0.339 e. The standard InChI is InChI=1S/C20H35O10P/c1-14(21)30-15-9-8-10-25-16(15)11-31(24,28-12-26-17(22)19(2,3)4)29-13-27-18(23)20(5,6)7/h15-16H,8-13H2,1-7H3. The van der Waals surface area contributed by atoms with Crippen LogP contribution in [-0.2, 0) is 46.9 Å². The van der Waals surface area contributed by atoms with Crippen LogP contribution in [0.5, 0.6) is 0 Å². The molecule has 0 N–H and O–H groups in total. The highest BCUT2D eigenvalue weighted by Crippen LogP contribution is 2.50. The number of carbonyl (C=O) groups excluding carboxylic acids is 3. The molecule has 2 atom stereocenters. The minimum Gasteiger partial charge on any atom is -0.460 e. The van der Waals surface area contributed by atoms with Crippen molar-refractivity contribution in [3.05, 3.63) is 0 Å². The van der Waals surface area contributed by atoms with Crippen LogP contribution in [0, 0.1) is 10.8 Å². The van der Waals surface area contributed by atoms with Gasteiger partial charge in [0.2, 0.25) is 13.6 Å². The van der Waals surface area contributed by atoms with E-state index in [2.05, 4.69) is 0 Å². The second kappa shape index (κ2) is 11.4. The molecule has 1 heterocycles. The van der Waals surface area contributed by atoms with Gasteiger partial charge >= 0.3 is 25.5 Å². The summed E-state index contributed by atoms with van der Waals surface area (Å²) < 4.78 is 44.8. The Morgan fingerprint density at radius 2 is 1.42 bits per heavy atom. The van der Waals surface area contributed by atoms with E-state index in [1.165, 1.54) is 6.92 Å². The smallest absolute Gasteiger partial charge is 0.339 e. The molecule has 0 spiro atoms. The van der Waals surface area contributed by atoms with Gasteiger partial charge in [-0.15, -0.1) is 0 Å².